The van der Waals surface area contributed by atoms with Crippen molar-refractivity contribution in [2.24, 2.45) is 0 Å². The molecule has 0 aliphatic heterocycles. The molecule has 0 radical (unpaired) electrons. The Morgan fingerprint density at radius 2 is 1.14 bits per heavy atom. The summed E-state index contributed by atoms with van der Waals surface area (Å²) in [6.45, 7) is 0. The summed E-state index contributed by atoms with van der Waals surface area (Å²) in [6.07, 6.45) is 0. The molecular formula is H3FeNO4Se. The Bertz CT molecular complexity index is 94.9. The van der Waals surface area contributed by atoms with Crippen LogP contribution in [0.5, 0.6) is 0 Å². The first-order valence-corrected chi connectivity index (χ1v) is 3.46. The first kappa shape index (κ1) is 15.6. The predicted molar refractivity (Wildman–Crippen MR) is 12.1 cm³/mol. The van der Waals surface area contributed by atoms with Crippen LogP contribution in [0.2, 0.25) is 0 Å². The maximum Gasteiger partial charge on any atom is 2.00 e. The van der Waals surface area contributed by atoms with Crippen molar-refractivity contribution in [1.29, 1.82) is 0 Å². The molecule has 0 saturated heterocycles. The summed E-state index contributed by atoms with van der Waals surface area (Å²) in [5, 5.41) is 0. The van der Waals surface area contributed by atoms with E-state index in [1.54, 1.807) is 0 Å². The summed E-state index contributed by atoms with van der Waals surface area (Å²) in [4.78, 5) is 0. The van der Waals surface area contributed by atoms with Crippen LogP contribution in [-0.4, -0.2) is 13.4 Å². The summed E-state index contributed by atoms with van der Waals surface area (Å²) in [6, 6.07) is 0. The van der Waals surface area contributed by atoms with Gasteiger partial charge in [0.25, 0.3) is 0 Å². The van der Waals surface area contributed by atoms with Gasteiger partial charge in [0.1, 0.15) is 0 Å². The molecule has 0 aliphatic carbocycles. The quantitative estimate of drug-likeness (QED) is 0.437. The summed E-state index contributed by atoms with van der Waals surface area (Å²) in [7, 11) is 0. The van der Waals surface area contributed by atoms with Crippen LogP contribution >= 0.6 is 0 Å². The van der Waals surface area contributed by atoms with E-state index in [0.717, 1.165) is 0 Å². The maximum absolute atomic E-state index is 8.59. The van der Waals surface area contributed by atoms with Crippen LogP contribution in [0.15, 0.2) is 0 Å². The SMILES string of the molecule is N.O=[Se](=O)([O-])[O-].[Fe+2]. The summed E-state index contributed by atoms with van der Waals surface area (Å²) in [5.74, 6) is 0. The van der Waals surface area contributed by atoms with Crippen molar-refractivity contribution in [3.05, 3.63) is 0 Å². The molecule has 0 spiro atoms. The van der Waals surface area contributed by atoms with Gasteiger partial charge in [0.05, 0.1) is 0 Å². The third-order valence-electron chi connectivity index (χ3n) is 0. The fourth-order valence-electron chi connectivity index (χ4n) is 0. The van der Waals surface area contributed by atoms with Crippen molar-refractivity contribution in [3.8, 4) is 0 Å². The van der Waals surface area contributed by atoms with E-state index in [0.29, 0.717) is 0 Å². The average Bonchev–Trinajstić information content (AvgIpc) is 0.722. The molecule has 0 atom stereocenters. The van der Waals surface area contributed by atoms with Crippen LogP contribution in [0.3, 0.4) is 0 Å². The molecule has 0 aromatic heterocycles. The van der Waals surface area contributed by atoms with E-state index in [9.17, 15) is 0 Å². The predicted octanol–water partition coefficient (Wildman–Crippen LogP) is -2.84. The topological polar surface area (TPSA) is 115 Å². The number of hydrogen-bond donors (Lipinski definition) is 1. The summed E-state index contributed by atoms with van der Waals surface area (Å²) >= 11 is -5.75. The van der Waals surface area contributed by atoms with Crippen molar-refractivity contribution in [2.45, 2.75) is 0 Å². The number of hydrogen-bond acceptors (Lipinski definition) is 5. The van der Waals surface area contributed by atoms with Gasteiger partial charge in [-0.05, 0) is 0 Å². The fourth-order valence-corrected chi connectivity index (χ4v) is 0. The minimum Gasteiger partial charge on any atom is 2.00 e. The van der Waals surface area contributed by atoms with E-state index in [-0.39, 0.29) is 23.2 Å². The van der Waals surface area contributed by atoms with E-state index < -0.39 is 13.4 Å². The molecule has 0 heterocycles. The van der Waals surface area contributed by atoms with Gasteiger partial charge in [0.2, 0.25) is 0 Å². The second-order valence-electron chi connectivity index (χ2n) is 0.408. The van der Waals surface area contributed by atoms with Crippen molar-refractivity contribution in [2.75, 3.05) is 0 Å². The van der Waals surface area contributed by atoms with Crippen LogP contribution in [0.4, 0.5) is 0 Å². The monoisotopic (exact) mass is 217 g/mol. The molecule has 0 amide bonds. The van der Waals surface area contributed by atoms with Gasteiger partial charge >= 0.3 is 46.5 Å². The van der Waals surface area contributed by atoms with Crippen molar-refractivity contribution >= 4 is 13.4 Å². The molecule has 0 aromatic rings. The van der Waals surface area contributed by atoms with Crippen LogP contribution in [-0.2, 0) is 24.7 Å². The molecule has 46 valence electrons. The Morgan fingerprint density at radius 1 is 1.14 bits per heavy atom. The van der Waals surface area contributed by atoms with Crippen LogP contribution in [0.25, 0.3) is 0 Å². The Hall–Kier alpha value is 0.519. The third-order valence-corrected chi connectivity index (χ3v) is 0. The third kappa shape index (κ3) is 494. The fraction of sp³-hybridized carbons (Fsp3) is 0. The van der Waals surface area contributed by atoms with E-state index in [4.69, 9.17) is 16.0 Å². The van der Waals surface area contributed by atoms with E-state index in [1.165, 1.54) is 0 Å². The van der Waals surface area contributed by atoms with Crippen LogP contribution in [0.1, 0.15) is 0 Å². The van der Waals surface area contributed by atoms with Gasteiger partial charge in [-0.2, -0.15) is 0 Å². The Kier molecular flexibility index (Phi) is 10.4. The van der Waals surface area contributed by atoms with Gasteiger partial charge in [-0.15, -0.1) is 0 Å². The van der Waals surface area contributed by atoms with Gasteiger partial charge in [-0.1, -0.05) is 0 Å². The zero-order valence-electron chi connectivity index (χ0n) is 3.10. The van der Waals surface area contributed by atoms with Crippen molar-refractivity contribution in [1.82, 2.24) is 6.15 Å². The molecular weight excluding hydrogens is 213 g/mol. The number of rotatable bonds is 0. The largest absolute Gasteiger partial charge is 2.00 e. The average molecular weight is 216 g/mol. The molecule has 0 saturated carbocycles. The first-order valence-electron chi connectivity index (χ1n) is 0.667. The zero-order valence-corrected chi connectivity index (χ0v) is 5.92. The molecule has 0 bridgehead atoms. The molecule has 0 aromatic carbocycles. The Labute approximate surface area is 53.1 Å². The van der Waals surface area contributed by atoms with E-state index in [1.807, 2.05) is 0 Å². The smallest absolute Gasteiger partial charge is 2.00 e. The van der Waals surface area contributed by atoms with Gasteiger partial charge < -0.3 is 6.15 Å². The standard InChI is InChI=1S/Fe.H3N.H2O4Se/c;;1-5(2,3)4/h;1H3;(H2,1,2,3,4)/q+2;;/p-2. The van der Waals surface area contributed by atoms with E-state index in [2.05, 4.69) is 0 Å². The summed E-state index contributed by atoms with van der Waals surface area (Å²) in [5.41, 5.74) is 0. The maximum atomic E-state index is 8.59. The Morgan fingerprint density at radius 3 is 1.14 bits per heavy atom. The van der Waals surface area contributed by atoms with Gasteiger partial charge in [-0.25, -0.2) is 0 Å². The second kappa shape index (κ2) is 4.67. The van der Waals surface area contributed by atoms with Gasteiger partial charge in [-0.3, -0.25) is 0 Å². The normalized spacial score (nSPS) is 8.29. The first-order chi connectivity index (χ1) is 2.00. The minimum absolute atomic E-state index is 0. The van der Waals surface area contributed by atoms with Gasteiger partial charge in [0.15, 0.2) is 0 Å². The molecule has 0 rings (SSSR count). The summed E-state index contributed by atoms with van der Waals surface area (Å²) < 4.78 is 34.4. The van der Waals surface area contributed by atoms with Crippen LogP contribution in [0, 0.1) is 0 Å². The Balaban J connectivity index is -0.0000000800. The molecule has 0 unspecified atom stereocenters. The van der Waals surface area contributed by atoms with Gasteiger partial charge in [0, 0.05) is 0 Å². The zero-order chi connectivity index (χ0) is 4.50. The minimum atomic E-state index is -5.75. The van der Waals surface area contributed by atoms with Crippen LogP contribution < -0.4 is 14.5 Å². The molecule has 7 heavy (non-hydrogen) atoms. The second-order valence-corrected chi connectivity index (χ2v) is 2.12. The molecule has 5 nitrogen and oxygen atoms in total. The van der Waals surface area contributed by atoms with Crippen molar-refractivity contribution < 1.29 is 33.1 Å². The molecule has 7 heteroatoms. The van der Waals surface area contributed by atoms with E-state index >= 15 is 0 Å². The molecule has 0 aliphatic rings. The molecule has 0 fully saturated rings. The molecule has 3 N–H and O–H groups in total. The van der Waals surface area contributed by atoms with Crippen molar-refractivity contribution in [3.63, 3.8) is 0 Å².